The molecule has 1 aromatic carbocycles. The monoisotopic (exact) mass is 347 g/mol. The Kier molecular flexibility index (Phi) is 5.09. The number of aromatic nitrogens is 1. The molecule has 0 aliphatic carbocycles. The van der Waals surface area contributed by atoms with Gasteiger partial charge < -0.3 is 14.7 Å². The van der Waals surface area contributed by atoms with Gasteiger partial charge in [-0.2, -0.15) is 0 Å². The fraction of sp³-hybridized carbons (Fsp3) is 0.444. The van der Waals surface area contributed by atoms with E-state index in [4.69, 9.17) is 16.1 Å². The van der Waals surface area contributed by atoms with Gasteiger partial charge in [0.1, 0.15) is 11.5 Å². The van der Waals surface area contributed by atoms with Crippen molar-refractivity contribution >= 4 is 23.3 Å². The highest BCUT2D eigenvalue weighted by Crippen LogP contribution is 2.33. The minimum absolute atomic E-state index is 0.0384. The number of nitrogens with one attached hydrogen (secondary N) is 1. The summed E-state index contributed by atoms with van der Waals surface area (Å²) in [6, 6.07) is 7.38. The lowest BCUT2D eigenvalue weighted by atomic mass is 10.1. The lowest BCUT2D eigenvalue weighted by Gasteiger charge is -2.23. The number of hydrogen-bond donors (Lipinski definition) is 1. The zero-order chi connectivity index (χ0) is 17.1. The number of urea groups is 1. The van der Waals surface area contributed by atoms with Gasteiger partial charge in [0, 0.05) is 19.0 Å². The van der Waals surface area contributed by atoms with E-state index in [1.165, 1.54) is 0 Å². The minimum Gasteiger partial charge on any atom is -0.361 e. The van der Waals surface area contributed by atoms with E-state index in [1.54, 1.807) is 0 Å². The molecule has 1 aliphatic rings. The molecular weight excluding hydrogens is 326 g/mol. The Bertz CT molecular complexity index is 729. The van der Waals surface area contributed by atoms with Crippen molar-refractivity contribution in [3.8, 4) is 0 Å². The Morgan fingerprint density at radius 1 is 1.46 bits per heavy atom. The summed E-state index contributed by atoms with van der Waals surface area (Å²) < 4.78 is 5.37. The molecule has 1 saturated heterocycles. The van der Waals surface area contributed by atoms with Gasteiger partial charge >= 0.3 is 6.03 Å². The number of carbonyl (C=O) groups is 1. The van der Waals surface area contributed by atoms with E-state index in [0.717, 1.165) is 42.7 Å². The summed E-state index contributed by atoms with van der Waals surface area (Å²) in [6.07, 6.45) is 3.73. The van der Waals surface area contributed by atoms with Crippen LogP contribution in [-0.4, -0.2) is 22.6 Å². The topological polar surface area (TPSA) is 58.4 Å². The Labute approximate surface area is 147 Å². The molecule has 2 aromatic rings. The van der Waals surface area contributed by atoms with E-state index >= 15 is 0 Å². The smallest absolute Gasteiger partial charge is 0.322 e. The number of aryl methyl sites for hydroxylation is 2. The molecule has 24 heavy (non-hydrogen) atoms. The van der Waals surface area contributed by atoms with Crippen molar-refractivity contribution in [1.82, 2.24) is 10.1 Å². The number of amides is 2. The highest BCUT2D eigenvalue weighted by atomic mass is 35.5. The van der Waals surface area contributed by atoms with Crippen molar-refractivity contribution in [3.63, 3.8) is 0 Å². The maximum absolute atomic E-state index is 12.7. The Hall–Kier alpha value is -2.01. The summed E-state index contributed by atoms with van der Waals surface area (Å²) in [7, 11) is 0. The van der Waals surface area contributed by atoms with Gasteiger partial charge in [-0.3, -0.25) is 0 Å². The normalized spacial score (nSPS) is 17.3. The molecule has 1 fully saturated rings. The van der Waals surface area contributed by atoms with E-state index in [-0.39, 0.29) is 12.1 Å². The first kappa shape index (κ1) is 16.8. The molecule has 1 aliphatic heterocycles. The van der Waals surface area contributed by atoms with E-state index in [0.29, 0.717) is 17.3 Å². The van der Waals surface area contributed by atoms with Crippen molar-refractivity contribution in [1.29, 1.82) is 0 Å². The summed E-state index contributed by atoms with van der Waals surface area (Å²) in [5.41, 5.74) is 2.52. The average molecular weight is 348 g/mol. The number of benzene rings is 1. The van der Waals surface area contributed by atoms with Crippen LogP contribution in [0.3, 0.4) is 0 Å². The zero-order valence-electron chi connectivity index (χ0n) is 14.0. The van der Waals surface area contributed by atoms with Crippen LogP contribution in [0.2, 0.25) is 5.02 Å². The van der Waals surface area contributed by atoms with E-state index in [1.807, 2.05) is 36.1 Å². The molecule has 1 atom stereocenters. The third kappa shape index (κ3) is 3.56. The number of anilines is 1. The maximum Gasteiger partial charge on any atom is 0.322 e. The van der Waals surface area contributed by atoms with Gasteiger partial charge in [0.15, 0.2) is 0 Å². The molecular formula is C18H22ClN3O2. The van der Waals surface area contributed by atoms with Crippen molar-refractivity contribution in [2.45, 2.75) is 45.6 Å². The molecule has 0 unspecified atom stereocenters. The Morgan fingerprint density at radius 2 is 2.29 bits per heavy atom. The standard InChI is InChI=1S/C18H22ClN3O2/c1-3-5-13-11-16(21-24-13)17-6-4-9-22(17)18(23)20-15-8-7-12(2)10-14(15)19/h7-8,10-11,17H,3-6,9H2,1-2H3,(H,20,23)/t17-/m1/s1. The van der Waals surface area contributed by atoms with Crippen molar-refractivity contribution in [3.05, 3.63) is 46.3 Å². The molecule has 0 bridgehead atoms. The molecule has 1 aromatic heterocycles. The first-order chi connectivity index (χ1) is 11.6. The average Bonchev–Trinajstić information content (AvgIpc) is 3.19. The summed E-state index contributed by atoms with van der Waals surface area (Å²) >= 11 is 6.21. The molecule has 2 amide bonds. The van der Waals surface area contributed by atoms with Gasteiger partial charge in [-0.05, 0) is 43.9 Å². The Morgan fingerprint density at radius 3 is 3.04 bits per heavy atom. The molecule has 3 rings (SSSR count). The van der Waals surface area contributed by atoms with E-state index < -0.39 is 0 Å². The molecule has 6 heteroatoms. The molecule has 5 nitrogen and oxygen atoms in total. The first-order valence-corrected chi connectivity index (χ1v) is 8.75. The number of rotatable bonds is 4. The number of hydrogen-bond acceptors (Lipinski definition) is 3. The van der Waals surface area contributed by atoms with Gasteiger partial charge in [0.25, 0.3) is 0 Å². The third-order valence-corrected chi connectivity index (χ3v) is 4.61. The summed E-state index contributed by atoms with van der Waals surface area (Å²) in [4.78, 5) is 14.5. The quantitative estimate of drug-likeness (QED) is 0.850. The summed E-state index contributed by atoms with van der Waals surface area (Å²) in [5.74, 6) is 0.876. The number of halogens is 1. The first-order valence-electron chi connectivity index (χ1n) is 8.37. The lowest BCUT2D eigenvalue weighted by Crippen LogP contribution is -2.34. The fourth-order valence-electron chi connectivity index (χ4n) is 3.08. The van der Waals surface area contributed by atoms with Crippen LogP contribution in [0.5, 0.6) is 0 Å². The van der Waals surface area contributed by atoms with Crippen LogP contribution >= 0.6 is 11.6 Å². The highest BCUT2D eigenvalue weighted by Gasteiger charge is 2.32. The number of nitrogens with zero attached hydrogens (tertiary/aromatic N) is 2. The van der Waals surface area contributed by atoms with Gasteiger partial charge in [0.2, 0.25) is 0 Å². The van der Waals surface area contributed by atoms with Gasteiger partial charge in [0.05, 0.1) is 16.8 Å². The molecule has 0 saturated carbocycles. The van der Waals surface area contributed by atoms with Crippen LogP contribution in [0, 0.1) is 6.92 Å². The van der Waals surface area contributed by atoms with E-state index in [9.17, 15) is 4.79 Å². The van der Waals surface area contributed by atoms with Crippen LogP contribution < -0.4 is 5.32 Å². The van der Waals surface area contributed by atoms with Crippen LogP contribution in [0.25, 0.3) is 0 Å². The summed E-state index contributed by atoms with van der Waals surface area (Å²) in [6.45, 7) is 4.77. The van der Waals surface area contributed by atoms with Crippen LogP contribution in [0.4, 0.5) is 10.5 Å². The number of likely N-dealkylation sites (tertiary alicyclic amines) is 1. The minimum atomic E-state index is -0.150. The molecule has 2 heterocycles. The Balaban J connectivity index is 1.73. The fourth-order valence-corrected chi connectivity index (χ4v) is 3.36. The number of carbonyl (C=O) groups excluding carboxylic acids is 1. The molecule has 0 spiro atoms. The second-order valence-corrected chi connectivity index (χ2v) is 6.64. The lowest BCUT2D eigenvalue weighted by molar-refractivity contribution is 0.204. The maximum atomic E-state index is 12.7. The molecule has 128 valence electrons. The zero-order valence-corrected chi connectivity index (χ0v) is 14.8. The molecule has 1 N–H and O–H groups in total. The predicted molar refractivity (Wildman–Crippen MR) is 94.4 cm³/mol. The van der Waals surface area contributed by atoms with Crippen molar-refractivity contribution in [2.24, 2.45) is 0 Å². The van der Waals surface area contributed by atoms with Gasteiger partial charge in [-0.15, -0.1) is 0 Å². The highest BCUT2D eigenvalue weighted by molar-refractivity contribution is 6.33. The van der Waals surface area contributed by atoms with Crippen molar-refractivity contribution in [2.75, 3.05) is 11.9 Å². The largest absolute Gasteiger partial charge is 0.361 e. The second-order valence-electron chi connectivity index (χ2n) is 6.23. The second kappa shape index (κ2) is 7.26. The molecule has 0 radical (unpaired) electrons. The van der Waals surface area contributed by atoms with E-state index in [2.05, 4.69) is 17.4 Å². The van der Waals surface area contributed by atoms with Crippen molar-refractivity contribution < 1.29 is 9.32 Å². The summed E-state index contributed by atoms with van der Waals surface area (Å²) in [5, 5.41) is 7.62. The van der Waals surface area contributed by atoms with Gasteiger partial charge in [-0.1, -0.05) is 29.7 Å². The predicted octanol–water partition coefficient (Wildman–Crippen LogP) is 4.96. The third-order valence-electron chi connectivity index (χ3n) is 4.29. The van der Waals surface area contributed by atoms with Crippen LogP contribution in [-0.2, 0) is 6.42 Å². The van der Waals surface area contributed by atoms with Crippen LogP contribution in [0.1, 0.15) is 49.2 Å². The van der Waals surface area contributed by atoms with Crippen LogP contribution in [0.15, 0.2) is 28.8 Å². The van der Waals surface area contributed by atoms with Gasteiger partial charge in [-0.25, -0.2) is 4.79 Å². The SMILES string of the molecule is CCCc1cc([C@H]2CCCN2C(=O)Nc2ccc(C)cc2Cl)no1.